The smallest absolute Gasteiger partial charge is 0.446 e. The molecule has 1 aromatic carbocycles. The molecule has 0 bridgehead atoms. The molecule has 0 unspecified atom stereocenters. The summed E-state index contributed by atoms with van der Waals surface area (Å²) in [5.41, 5.74) is -4.36. The highest BCUT2D eigenvalue weighted by atomic mass is 35.5. The zero-order valence-electron chi connectivity index (χ0n) is 8.07. The van der Waals surface area contributed by atoms with Crippen molar-refractivity contribution in [3.8, 4) is 5.75 Å². The first kappa shape index (κ1) is 13.8. The molecule has 16 heavy (non-hydrogen) atoms. The van der Waals surface area contributed by atoms with E-state index in [1.54, 1.807) is 6.92 Å². The lowest BCUT2D eigenvalue weighted by Crippen LogP contribution is -1.99. The van der Waals surface area contributed by atoms with Crippen LogP contribution in [0.1, 0.15) is 6.92 Å². The summed E-state index contributed by atoms with van der Waals surface area (Å²) in [7, 11) is 0. The van der Waals surface area contributed by atoms with E-state index in [9.17, 15) is 13.2 Å². The third-order valence-corrected chi connectivity index (χ3v) is 2.76. The first-order valence-corrected chi connectivity index (χ1v) is 5.78. The molecular formula is C9H7Cl2F3OS. The molecular weight excluding hydrogens is 284 g/mol. The van der Waals surface area contributed by atoms with E-state index in [1.807, 2.05) is 0 Å². The van der Waals surface area contributed by atoms with Gasteiger partial charge in [0.25, 0.3) is 0 Å². The van der Waals surface area contributed by atoms with Crippen LogP contribution in [0.5, 0.6) is 5.75 Å². The van der Waals surface area contributed by atoms with Crippen LogP contribution in [0.2, 0.25) is 10.0 Å². The van der Waals surface area contributed by atoms with Gasteiger partial charge in [0.05, 0.1) is 16.7 Å². The molecule has 0 spiro atoms. The van der Waals surface area contributed by atoms with E-state index in [4.69, 9.17) is 27.9 Å². The molecule has 0 aliphatic rings. The molecule has 0 heterocycles. The van der Waals surface area contributed by atoms with Gasteiger partial charge in [-0.3, -0.25) is 0 Å². The van der Waals surface area contributed by atoms with Gasteiger partial charge in [0.2, 0.25) is 0 Å². The van der Waals surface area contributed by atoms with Crippen LogP contribution in [-0.2, 0) is 0 Å². The Morgan fingerprint density at radius 1 is 1.25 bits per heavy atom. The minimum atomic E-state index is -4.36. The Kier molecular flexibility index (Phi) is 4.64. The largest absolute Gasteiger partial charge is 0.491 e. The summed E-state index contributed by atoms with van der Waals surface area (Å²) in [5, 5.41) is 0.141. The molecule has 0 aromatic heterocycles. The van der Waals surface area contributed by atoms with E-state index in [0.29, 0.717) is 6.61 Å². The third kappa shape index (κ3) is 3.96. The monoisotopic (exact) mass is 290 g/mol. The Bertz CT molecular complexity index is 359. The van der Waals surface area contributed by atoms with Crippen molar-refractivity contribution in [2.24, 2.45) is 0 Å². The van der Waals surface area contributed by atoms with Crippen LogP contribution >= 0.6 is 35.0 Å². The van der Waals surface area contributed by atoms with Gasteiger partial charge in [-0.2, -0.15) is 13.2 Å². The summed E-state index contributed by atoms with van der Waals surface area (Å²) in [6.07, 6.45) is 0. The highest BCUT2D eigenvalue weighted by Gasteiger charge is 2.30. The van der Waals surface area contributed by atoms with Crippen molar-refractivity contribution in [2.75, 3.05) is 6.61 Å². The molecule has 0 amide bonds. The summed E-state index contributed by atoms with van der Waals surface area (Å²) >= 11 is 11.2. The molecule has 90 valence electrons. The molecule has 0 radical (unpaired) electrons. The third-order valence-electron chi connectivity index (χ3n) is 1.49. The lowest BCUT2D eigenvalue weighted by Gasteiger charge is -2.11. The number of halogens is 5. The van der Waals surface area contributed by atoms with Crippen LogP contribution in [0.4, 0.5) is 13.2 Å². The van der Waals surface area contributed by atoms with Crippen molar-refractivity contribution in [1.29, 1.82) is 0 Å². The van der Waals surface area contributed by atoms with Crippen LogP contribution in [0.25, 0.3) is 0 Å². The highest BCUT2D eigenvalue weighted by Crippen LogP contribution is 2.42. The summed E-state index contributed by atoms with van der Waals surface area (Å²) in [6, 6.07) is 2.35. The van der Waals surface area contributed by atoms with Crippen LogP contribution in [0, 0.1) is 0 Å². The molecule has 0 fully saturated rings. The van der Waals surface area contributed by atoms with Crippen molar-refractivity contribution >= 4 is 35.0 Å². The number of ether oxygens (including phenoxy) is 1. The van der Waals surface area contributed by atoms with Crippen LogP contribution in [-0.4, -0.2) is 12.1 Å². The fraction of sp³-hybridized carbons (Fsp3) is 0.333. The van der Waals surface area contributed by atoms with E-state index in [1.165, 1.54) is 12.1 Å². The molecule has 0 aliphatic carbocycles. The second-order valence-corrected chi connectivity index (χ2v) is 4.65. The minimum absolute atomic E-state index is 0.0639. The Morgan fingerprint density at radius 3 is 2.12 bits per heavy atom. The van der Waals surface area contributed by atoms with E-state index in [0.717, 1.165) is 0 Å². The highest BCUT2D eigenvalue weighted by molar-refractivity contribution is 8.00. The molecule has 1 aromatic rings. The van der Waals surface area contributed by atoms with Gasteiger partial charge in [0, 0.05) is 4.90 Å². The van der Waals surface area contributed by atoms with Crippen LogP contribution in [0.15, 0.2) is 17.0 Å². The van der Waals surface area contributed by atoms with Gasteiger partial charge >= 0.3 is 5.51 Å². The van der Waals surface area contributed by atoms with Gasteiger partial charge in [-0.1, -0.05) is 23.2 Å². The molecule has 0 atom stereocenters. The minimum Gasteiger partial charge on any atom is -0.491 e. The Labute approximate surface area is 105 Å². The first-order chi connectivity index (χ1) is 7.33. The maximum atomic E-state index is 12.1. The zero-order valence-corrected chi connectivity index (χ0v) is 10.4. The van der Waals surface area contributed by atoms with Gasteiger partial charge < -0.3 is 4.74 Å². The standard InChI is InChI=1S/C9H7Cl2F3OS/c1-2-15-8-6(10)3-5(4-7(8)11)16-9(12,13)14/h3-4H,2H2,1H3. The van der Waals surface area contributed by atoms with Crippen LogP contribution in [0.3, 0.4) is 0 Å². The topological polar surface area (TPSA) is 9.23 Å². The quantitative estimate of drug-likeness (QED) is 0.724. The van der Waals surface area contributed by atoms with Crippen molar-refractivity contribution in [1.82, 2.24) is 0 Å². The predicted octanol–water partition coefficient (Wildman–Crippen LogP) is 5.00. The molecule has 1 nitrogen and oxygen atoms in total. The van der Waals surface area contributed by atoms with Gasteiger partial charge in [-0.05, 0) is 30.8 Å². The molecule has 0 saturated carbocycles. The van der Waals surface area contributed by atoms with Crippen molar-refractivity contribution in [2.45, 2.75) is 17.3 Å². The molecule has 1 rings (SSSR count). The summed E-state index contributed by atoms with van der Waals surface area (Å²) in [6.45, 7) is 2.07. The number of alkyl halides is 3. The van der Waals surface area contributed by atoms with Gasteiger partial charge in [-0.15, -0.1) is 0 Å². The second kappa shape index (κ2) is 5.38. The molecule has 0 saturated heterocycles. The Morgan fingerprint density at radius 2 is 1.75 bits per heavy atom. The number of hydrogen-bond donors (Lipinski definition) is 0. The summed E-state index contributed by atoms with van der Waals surface area (Å²) in [5.74, 6) is 0.206. The van der Waals surface area contributed by atoms with Crippen molar-refractivity contribution in [3.05, 3.63) is 22.2 Å². The fourth-order valence-electron chi connectivity index (χ4n) is 1.01. The number of benzene rings is 1. The lowest BCUT2D eigenvalue weighted by molar-refractivity contribution is -0.0328. The Balaban J connectivity index is 3.00. The number of hydrogen-bond acceptors (Lipinski definition) is 2. The Hall–Kier alpha value is -0.260. The van der Waals surface area contributed by atoms with E-state index in [-0.39, 0.29) is 32.5 Å². The first-order valence-electron chi connectivity index (χ1n) is 4.21. The predicted molar refractivity (Wildman–Crippen MR) is 59.5 cm³/mol. The van der Waals surface area contributed by atoms with Gasteiger partial charge in [0.15, 0.2) is 5.75 Å². The van der Waals surface area contributed by atoms with Crippen molar-refractivity contribution < 1.29 is 17.9 Å². The number of thioether (sulfide) groups is 1. The SMILES string of the molecule is CCOc1c(Cl)cc(SC(F)(F)F)cc1Cl. The average molecular weight is 291 g/mol. The average Bonchev–Trinajstić information content (AvgIpc) is 2.08. The normalized spacial score (nSPS) is 11.6. The van der Waals surface area contributed by atoms with E-state index < -0.39 is 5.51 Å². The van der Waals surface area contributed by atoms with Crippen molar-refractivity contribution in [3.63, 3.8) is 0 Å². The number of rotatable bonds is 3. The molecule has 0 aliphatic heterocycles. The maximum absolute atomic E-state index is 12.1. The van der Waals surface area contributed by atoms with Gasteiger partial charge in [-0.25, -0.2) is 0 Å². The molecule has 0 N–H and O–H groups in total. The van der Waals surface area contributed by atoms with Gasteiger partial charge in [0.1, 0.15) is 0 Å². The lowest BCUT2D eigenvalue weighted by atomic mass is 10.3. The summed E-state index contributed by atoms with van der Waals surface area (Å²) in [4.78, 5) is -0.0639. The fourth-order valence-corrected chi connectivity index (χ4v) is 2.36. The second-order valence-electron chi connectivity index (χ2n) is 2.70. The maximum Gasteiger partial charge on any atom is 0.446 e. The van der Waals surface area contributed by atoms with E-state index in [2.05, 4.69) is 0 Å². The summed E-state index contributed by atoms with van der Waals surface area (Å²) < 4.78 is 41.4. The van der Waals surface area contributed by atoms with E-state index >= 15 is 0 Å². The zero-order chi connectivity index (χ0) is 12.3. The molecule has 7 heteroatoms. The van der Waals surface area contributed by atoms with Crippen LogP contribution < -0.4 is 4.74 Å².